The third-order valence-electron chi connectivity index (χ3n) is 3.89. The van der Waals surface area contributed by atoms with Crippen LogP contribution in [0.25, 0.3) is 0 Å². The maximum Gasteiger partial charge on any atom is 0.0301 e. The Kier molecular flexibility index (Phi) is 6.90. The lowest BCUT2D eigenvalue weighted by molar-refractivity contribution is 0.267. The fraction of sp³-hybridized carbons (Fsp3) is 0.600. The topological polar surface area (TPSA) is 38.0 Å². The molecule has 1 aromatic rings. The van der Waals surface area contributed by atoms with Gasteiger partial charge in [-0.05, 0) is 37.8 Å². The van der Waals surface area contributed by atoms with Crippen LogP contribution in [0.3, 0.4) is 0 Å². The van der Waals surface area contributed by atoms with E-state index >= 15 is 0 Å². The van der Waals surface area contributed by atoms with Crippen molar-refractivity contribution in [3.8, 4) is 0 Å². The molecule has 1 atom stereocenters. The molecule has 3 N–H and O–H groups in total. The Balaban J connectivity index is 0.00000289. The van der Waals surface area contributed by atoms with E-state index in [1.165, 1.54) is 16.7 Å². The van der Waals surface area contributed by atoms with Crippen LogP contribution < -0.4 is 11.1 Å². The molecule has 0 aliphatic carbocycles. The zero-order valence-electron chi connectivity index (χ0n) is 12.2. The van der Waals surface area contributed by atoms with Crippen molar-refractivity contribution in [3.63, 3.8) is 0 Å². The fourth-order valence-electron chi connectivity index (χ4n) is 1.80. The zero-order chi connectivity index (χ0) is 13.1. The molecule has 0 saturated heterocycles. The van der Waals surface area contributed by atoms with Crippen molar-refractivity contribution in [1.82, 2.24) is 5.32 Å². The predicted octanol–water partition coefficient (Wildman–Crippen LogP) is 3.19. The second-order valence-corrected chi connectivity index (χ2v) is 5.56. The summed E-state index contributed by atoms with van der Waals surface area (Å²) in [6.07, 6.45) is 0. The van der Waals surface area contributed by atoms with E-state index < -0.39 is 0 Å². The van der Waals surface area contributed by atoms with E-state index in [1.807, 2.05) is 0 Å². The summed E-state index contributed by atoms with van der Waals surface area (Å²) in [5, 5.41) is 3.60. The Hall–Kier alpha value is -0.570. The number of halogens is 1. The summed E-state index contributed by atoms with van der Waals surface area (Å²) in [5.74, 6) is 0.526. The van der Waals surface area contributed by atoms with Crippen molar-refractivity contribution in [2.75, 3.05) is 6.54 Å². The highest BCUT2D eigenvalue weighted by Crippen LogP contribution is 2.17. The van der Waals surface area contributed by atoms with Gasteiger partial charge in [0.2, 0.25) is 0 Å². The van der Waals surface area contributed by atoms with E-state index in [1.54, 1.807) is 0 Å². The molecule has 0 aliphatic heterocycles. The van der Waals surface area contributed by atoms with Crippen LogP contribution in [0.4, 0.5) is 0 Å². The van der Waals surface area contributed by atoms with Gasteiger partial charge in [-0.1, -0.05) is 37.6 Å². The fourth-order valence-corrected chi connectivity index (χ4v) is 1.80. The van der Waals surface area contributed by atoms with Gasteiger partial charge in [-0.2, -0.15) is 0 Å². The van der Waals surface area contributed by atoms with Crippen molar-refractivity contribution in [2.45, 2.75) is 46.7 Å². The molecule has 1 aromatic carbocycles. The summed E-state index contributed by atoms with van der Waals surface area (Å²) in [6.45, 7) is 12.5. The number of rotatable bonds is 5. The minimum absolute atomic E-state index is 0. The average molecular weight is 271 g/mol. The maximum atomic E-state index is 5.88. The Morgan fingerprint density at radius 1 is 1.28 bits per heavy atom. The van der Waals surface area contributed by atoms with Gasteiger partial charge in [0.15, 0.2) is 0 Å². The monoisotopic (exact) mass is 270 g/mol. The Morgan fingerprint density at radius 3 is 2.39 bits per heavy atom. The molecule has 0 spiro atoms. The second-order valence-electron chi connectivity index (χ2n) is 5.56. The highest BCUT2D eigenvalue weighted by atomic mass is 35.5. The van der Waals surface area contributed by atoms with E-state index in [2.05, 4.69) is 58.1 Å². The van der Waals surface area contributed by atoms with Gasteiger partial charge in [0.1, 0.15) is 0 Å². The SMILES string of the molecule is Cc1ccc(C)c(CNC(C)(CN)C(C)C)c1.Cl. The molecule has 0 amide bonds. The summed E-state index contributed by atoms with van der Waals surface area (Å²) in [6, 6.07) is 6.59. The molecule has 0 bridgehead atoms. The van der Waals surface area contributed by atoms with Gasteiger partial charge < -0.3 is 11.1 Å². The molecule has 104 valence electrons. The van der Waals surface area contributed by atoms with E-state index in [-0.39, 0.29) is 17.9 Å². The number of aryl methyl sites for hydroxylation is 2. The minimum Gasteiger partial charge on any atom is -0.329 e. The Morgan fingerprint density at radius 2 is 1.89 bits per heavy atom. The normalized spacial score (nSPS) is 14.2. The van der Waals surface area contributed by atoms with Crippen molar-refractivity contribution >= 4 is 12.4 Å². The molecule has 0 heterocycles. The molecule has 1 rings (SSSR count). The van der Waals surface area contributed by atoms with Crippen LogP contribution in [0.5, 0.6) is 0 Å². The molecule has 18 heavy (non-hydrogen) atoms. The van der Waals surface area contributed by atoms with Crippen LogP contribution >= 0.6 is 12.4 Å². The van der Waals surface area contributed by atoms with Gasteiger partial charge in [0.25, 0.3) is 0 Å². The van der Waals surface area contributed by atoms with Crippen LogP contribution in [-0.4, -0.2) is 12.1 Å². The molecular formula is C15H27ClN2. The van der Waals surface area contributed by atoms with Gasteiger partial charge in [0.05, 0.1) is 0 Å². The summed E-state index contributed by atoms with van der Waals surface area (Å²) < 4.78 is 0. The first kappa shape index (κ1) is 17.4. The zero-order valence-corrected chi connectivity index (χ0v) is 13.0. The third-order valence-corrected chi connectivity index (χ3v) is 3.89. The Labute approximate surface area is 118 Å². The smallest absolute Gasteiger partial charge is 0.0301 e. The standard InChI is InChI=1S/C15H26N2.ClH/c1-11(2)15(5,10-16)17-9-14-8-12(3)6-7-13(14)4;/h6-8,11,17H,9-10,16H2,1-5H3;1H. The van der Waals surface area contributed by atoms with Crippen LogP contribution in [0, 0.1) is 19.8 Å². The van der Waals surface area contributed by atoms with Crippen molar-refractivity contribution in [2.24, 2.45) is 11.7 Å². The van der Waals surface area contributed by atoms with Crippen LogP contribution in [0.2, 0.25) is 0 Å². The molecule has 2 nitrogen and oxygen atoms in total. The molecular weight excluding hydrogens is 244 g/mol. The largest absolute Gasteiger partial charge is 0.329 e. The predicted molar refractivity (Wildman–Crippen MR) is 82.3 cm³/mol. The molecule has 0 radical (unpaired) electrons. The van der Waals surface area contributed by atoms with Crippen LogP contribution in [-0.2, 0) is 6.54 Å². The lowest BCUT2D eigenvalue weighted by Gasteiger charge is -2.34. The average Bonchev–Trinajstić information content (AvgIpc) is 2.29. The third kappa shape index (κ3) is 4.27. The van der Waals surface area contributed by atoms with Crippen molar-refractivity contribution in [3.05, 3.63) is 34.9 Å². The van der Waals surface area contributed by atoms with E-state index in [0.29, 0.717) is 12.5 Å². The second kappa shape index (κ2) is 7.13. The summed E-state index contributed by atoms with van der Waals surface area (Å²) >= 11 is 0. The number of hydrogen-bond acceptors (Lipinski definition) is 2. The van der Waals surface area contributed by atoms with Crippen LogP contribution in [0.15, 0.2) is 18.2 Å². The lowest BCUT2D eigenvalue weighted by Crippen LogP contribution is -2.52. The summed E-state index contributed by atoms with van der Waals surface area (Å²) in [4.78, 5) is 0. The molecule has 0 saturated carbocycles. The van der Waals surface area contributed by atoms with Gasteiger partial charge in [-0.15, -0.1) is 12.4 Å². The van der Waals surface area contributed by atoms with Gasteiger partial charge in [-0.25, -0.2) is 0 Å². The number of nitrogens with one attached hydrogen (secondary N) is 1. The molecule has 1 unspecified atom stereocenters. The minimum atomic E-state index is 0. The highest BCUT2D eigenvalue weighted by Gasteiger charge is 2.25. The van der Waals surface area contributed by atoms with Crippen LogP contribution in [0.1, 0.15) is 37.5 Å². The van der Waals surface area contributed by atoms with Gasteiger partial charge in [0, 0.05) is 18.6 Å². The van der Waals surface area contributed by atoms with Gasteiger partial charge in [-0.3, -0.25) is 0 Å². The molecule has 0 aromatic heterocycles. The van der Waals surface area contributed by atoms with E-state index in [4.69, 9.17) is 5.73 Å². The number of hydrogen-bond donors (Lipinski definition) is 2. The molecule has 0 aliphatic rings. The number of nitrogens with two attached hydrogens (primary N) is 1. The summed E-state index contributed by atoms with van der Waals surface area (Å²) in [7, 11) is 0. The Bertz CT molecular complexity index is 377. The van der Waals surface area contributed by atoms with E-state index in [0.717, 1.165) is 6.54 Å². The highest BCUT2D eigenvalue weighted by molar-refractivity contribution is 5.85. The lowest BCUT2D eigenvalue weighted by atomic mass is 9.88. The molecule has 3 heteroatoms. The van der Waals surface area contributed by atoms with Gasteiger partial charge >= 0.3 is 0 Å². The molecule has 0 fully saturated rings. The quantitative estimate of drug-likeness (QED) is 0.862. The first-order valence-electron chi connectivity index (χ1n) is 6.40. The number of benzene rings is 1. The maximum absolute atomic E-state index is 5.88. The first-order chi connectivity index (χ1) is 7.89. The van der Waals surface area contributed by atoms with Crippen molar-refractivity contribution in [1.29, 1.82) is 0 Å². The first-order valence-corrected chi connectivity index (χ1v) is 6.40. The van der Waals surface area contributed by atoms with Crippen molar-refractivity contribution < 1.29 is 0 Å². The summed E-state index contributed by atoms with van der Waals surface area (Å²) in [5.41, 5.74) is 9.90. The van der Waals surface area contributed by atoms with E-state index in [9.17, 15) is 0 Å².